The average Bonchev–Trinajstić information content (AvgIpc) is 3.86. The largest absolute Gasteiger partial charge is 0.508 e. The highest BCUT2D eigenvalue weighted by Crippen LogP contribution is 2.48. The Hall–Kier alpha value is -7.28. The minimum atomic E-state index is -2.18. The van der Waals surface area contributed by atoms with Crippen LogP contribution in [0.15, 0.2) is 94.2 Å². The van der Waals surface area contributed by atoms with Gasteiger partial charge in [0.05, 0.1) is 44.4 Å². The minimum absolute atomic E-state index is 0.00934. The number of carbonyl (C=O) groups is 3. The van der Waals surface area contributed by atoms with E-state index in [1.807, 2.05) is 0 Å². The predicted molar refractivity (Wildman–Crippen MR) is 270 cm³/mol. The number of rotatable bonds is 16. The molecule has 4 aliphatic heterocycles. The van der Waals surface area contributed by atoms with E-state index in [1.54, 1.807) is 12.1 Å². The van der Waals surface area contributed by atoms with E-state index in [0.717, 1.165) is 24.2 Å². The number of para-hydroxylation sites is 1. The number of ether oxygens (including phenoxy) is 8. The SMILES string of the molecule is COc1cc(/C=C/C(=O)OC[C@H]2O[C@@H](O[C@@H]3[C@@H](O)[C@H](O)[C@@H](COC(=O)CC4C(=O)N([C@@H]5O[C@H](CO)[C@@H](O)[C@H](O)[C@H]5O)c5ccccc54)O[C@H]3c3c(OC)cc4oc(-c5ccc(O)cc5)cc(=O)c4c3O)[C@H](O)[C@@H](O)[C@@H]2O)ccc1O. The normalized spacial score (nSPS) is 30.5. The monoisotopic (exact) mass is 1120 g/mol. The van der Waals surface area contributed by atoms with Gasteiger partial charge in [-0.3, -0.25) is 19.3 Å². The lowest BCUT2D eigenvalue weighted by atomic mass is 9.89. The van der Waals surface area contributed by atoms with Gasteiger partial charge in [-0.15, -0.1) is 0 Å². The second-order valence-corrected chi connectivity index (χ2v) is 19.2. The summed E-state index contributed by atoms with van der Waals surface area (Å²) in [6, 6.07) is 18.2. The number of fused-ring (bicyclic) bond motifs is 2. The first-order chi connectivity index (χ1) is 38.2. The fourth-order valence-corrected chi connectivity index (χ4v) is 10.0. The van der Waals surface area contributed by atoms with E-state index < -0.39 is 164 Å². The van der Waals surface area contributed by atoms with E-state index in [0.29, 0.717) is 11.1 Å². The molecule has 0 radical (unpaired) electrons. The molecule has 4 aliphatic rings. The Morgan fingerprint density at radius 1 is 0.688 bits per heavy atom. The van der Waals surface area contributed by atoms with Crippen LogP contribution in [-0.4, -0.2) is 199 Å². The molecule has 80 heavy (non-hydrogen) atoms. The Morgan fingerprint density at radius 3 is 2.06 bits per heavy atom. The number of benzene rings is 4. The summed E-state index contributed by atoms with van der Waals surface area (Å²) in [6.45, 7) is -2.43. The van der Waals surface area contributed by atoms with Gasteiger partial charge in [0.25, 0.3) is 0 Å². The molecule has 26 heteroatoms. The first kappa shape index (κ1) is 57.4. The molecule has 0 spiro atoms. The Morgan fingerprint density at radius 2 is 1.35 bits per heavy atom. The summed E-state index contributed by atoms with van der Waals surface area (Å²) in [7, 11) is 2.49. The molecule has 16 atom stereocenters. The lowest BCUT2D eigenvalue weighted by Gasteiger charge is -2.46. The number of phenols is 3. The number of anilines is 1. The van der Waals surface area contributed by atoms with Gasteiger partial charge in [-0.25, -0.2) is 4.79 Å². The summed E-state index contributed by atoms with van der Waals surface area (Å²) in [4.78, 5) is 55.6. The van der Waals surface area contributed by atoms with Crippen molar-refractivity contribution in [3.8, 4) is 40.1 Å². The Labute approximate surface area is 452 Å². The number of aliphatic hydroxyl groups is 9. The number of methoxy groups -OCH3 is 2. The summed E-state index contributed by atoms with van der Waals surface area (Å²) in [5, 5.41) is 130. The zero-order chi connectivity index (χ0) is 57.4. The molecule has 428 valence electrons. The maximum Gasteiger partial charge on any atom is 0.330 e. The average molecular weight is 1120 g/mol. The van der Waals surface area contributed by atoms with Gasteiger partial charge in [0.1, 0.15) is 127 Å². The molecule has 0 saturated carbocycles. The Kier molecular flexibility index (Phi) is 17.1. The van der Waals surface area contributed by atoms with Gasteiger partial charge in [-0.05, 0) is 59.7 Å². The molecule has 5 aromatic rings. The number of hydrogen-bond donors (Lipinski definition) is 12. The van der Waals surface area contributed by atoms with Gasteiger partial charge in [0.2, 0.25) is 5.91 Å². The van der Waals surface area contributed by atoms with Crippen molar-refractivity contribution in [2.24, 2.45) is 0 Å². The van der Waals surface area contributed by atoms with E-state index in [-0.39, 0.29) is 45.6 Å². The van der Waals surface area contributed by atoms with Crippen LogP contribution in [0.25, 0.3) is 28.4 Å². The van der Waals surface area contributed by atoms with E-state index >= 15 is 0 Å². The molecule has 3 fully saturated rings. The van der Waals surface area contributed by atoms with E-state index in [9.17, 15) is 80.5 Å². The highest BCUT2D eigenvalue weighted by molar-refractivity contribution is 6.07. The van der Waals surface area contributed by atoms with Crippen molar-refractivity contribution in [1.29, 1.82) is 0 Å². The summed E-state index contributed by atoms with van der Waals surface area (Å²) >= 11 is 0. The third-order valence-electron chi connectivity index (χ3n) is 14.3. The van der Waals surface area contributed by atoms with Crippen LogP contribution < -0.4 is 19.8 Å². The highest BCUT2D eigenvalue weighted by Gasteiger charge is 2.54. The maximum atomic E-state index is 14.1. The van der Waals surface area contributed by atoms with E-state index in [2.05, 4.69) is 0 Å². The number of esters is 2. The molecule has 9 rings (SSSR count). The van der Waals surface area contributed by atoms with Crippen LogP contribution in [0.2, 0.25) is 0 Å². The van der Waals surface area contributed by atoms with Gasteiger partial charge in [-0.1, -0.05) is 24.3 Å². The van der Waals surface area contributed by atoms with E-state index in [4.69, 9.17) is 42.3 Å². The van der Waals surface area contributed by atoms with Gasteiger partial charge >= 0.3 is 11.9 Å². The summed E-state index contributed by atoms with van der Waals surface area (Å²) < 4.78 is 51.5. The number of carbonyl (C=O) groups excluding carboxylic acids is 3. The number of hydrogen-bond acceptors (Lipinski definition) is 25. The molecule has 1 amide bonds. The molecular formula is C54H57NO25. The first-order valence-corrected chi connectivity index (χ1v) is 24.9. The molecule has 0 bridgehead atoms. The van der Waals surface area contributed by atoms with Crippen molar-refractivity contribution in [3.05, 3.63) is 112 Å². The predicted octanol–water partition coefficient (Wildman–Crippen LogP) is -0.931. The van der Waals surface area contributed by atoms with Crippen molar-refractivity contribution >= 4 is 40.6 Å². The summed E-state index contributed by atoms with van der Waals surface area (Å²) in [5.74, 6) is -5.39. The van der Waals surface area contributed by atoms with Gasteiger partial charge in [-0.2, -0.15) is 0 Å². The van der Waals surface area contributed by atoms with Gasteiger partial charge in [0, 0.05) is 23.8 Å². The molecule has 5 heterocycles. The van der Waals surface area contributed by atoms with Crippen molar-refractivity contribution in [3.63, 3.8) is 0 Å². The van der Waals surface area contributed by atoms with Crippen LogP contribution in [0, 0.1) is 0 Å². The zero-order valence-electron chi connectivity index (χ0n) is 42.3. The molecule has 3 saturated heterocycles. The summed E-state index contributed by atoms with van der Waals surface area (Å²) in [6.07, 6.45) is -26.6. The van der Waals surface area contributed by atoms with Crippen molar-refractivity contribution in [1.82, 2.24) is 0 Å². The molecule has 1 aromatic heterocycles. The fraction of sp³-hybridized carbons (Fsp3) is 0.407. The Balaban J connectivity index is 0.985. The summed E-state index contributed by atoms with van der Waals surface area (Å²) in [5.41, 5.74) is -0.275. The second-order valence-electron chi connectivity index (χ2n) is 19.2. The molecule has 0 aliphatic carbocycles. The van der Waals surface area contributed by atoms with Crippen LogP contribution in [-0.2, 0) is 42.8 Å². The number of aromatic hydroxyl groups is 3. The first-order valence-electron chi connectivity index (χ1n) is 24.9. The quantitative estimate of drug-likeness (QED) is 0.0419. The van der Waals surface area contributed by atoms with Crippen LogP contribution in [0.3, 0.4) is 0 Å². The smallest absolute Gasteiger partial charge is 0.330 e. The molecule has 12 N–H and O–H groups in total. The zero-order valence-corrected chi connectivity index (χ0v) is 42.3. The van der Waals surface area contributed by atoms with Crippen LogP contribution in [0.4, 0.5) is 5.69 Å². The minimum Gasteiger partial charge on any atom is -0.508 e. The Bertz CT molecular complexity index is 3170. The molecule has 1 unspecified atom stereocenters. The van der Waals surface area contributed by atoms with Crippen molar-refractivity contribution in [2.75, 3.05) is 38.9 Å². The lowest BCUT2D eigenvalue weighted by Crippen LogP contribution is -2.64. The van der Waals surface area contributed by atoms with Crippen molar-refractivity contribution in [2.45, 2.75) is 104 Å². The third-order valence-corrected chi connectivity index (χ3v) is 14.3. The van der Waals surface area contributed by atoms with Gasteiger partial charge in [0.15, 0.2) is 29.4 Å². The van der Waals surface area contributed by atoms with Crippen LogP contribution in [0.1, 0.15) is 35.1 Å². The number of amides is 1. The lowest BCUT2D eigenvalue weighted by molar-refractivity contribution is -0.342. The maximum absolute atomic E-state index is 14.1. The molecule has 4 aromatic carbocycles. The standard InChI is InChI=1S/C54H57NO25/c1-72-31-15-22(7-13-28(31)58)8-14-37(60)74-21-36-42(63)46(67)49(70)54(79-36)80-51-47(68)43(64)35(77-50(51)40-32(73-2)18-33-39(44(40)65)29(59)17-30(76-33)23-9-11-24(57)12-10-23)20-75-38(61)16-26-25-5-3-4-6-27(25)55(52(26)71)53-48(69)45(66)41(62)34(19-56)78-53/h3-15,17-18,26,34-36,41-43,45-51,53-54,56-58,62-70H,16,19-21H2,1-2H3/b14-8+/t26?,34-,35-,36-,41-,42-,43-,45+,46+,47+,48-,49-,50+,51-,53-,54+/m1/s1. The molecule has 26 nitrogen and oxygen atoms in total. The van der Waals surface area contributed by atoms with Gasteiger partial charge < -0.3 is 104 Å². The number of aliphatic hydroxyl groups excluding tert-OH is 9. The topological polar surface area (TPSA) is 401 Å². The number of nitrogens with zero attached hydrogens (tertiary/aromatic N) is 1. The molecular weight excluding hydrogens is 1060 g/mol. The van der Waals surface area contributed by atoms with Crippen molar-refractivity contribution < 1.29 is 118 Å². The highest BCUT2D eigenvalue weighted by atomic mass is 16.7. The number of phenolic OH excluding ortho intramolecular Hbond substituents is 3. The van der Waals surface area contributed by atoms with Crippen LogP contribution >= 0.6 is 0 Å². The second kappa shape index (κ2) is 23.8. The fourth-order valence-electron chi connectivity index (χ4n) is 10.0. The van der Waals surface area contributed by atoms with E-state index in [1.165, 1.54) is 73.8 Å². The third kappa shape index (κ3) is 11.1. The van der Waals surface area contributed by atoms with Crippen LogP contribution in [0.5, 0.6) is 28.7 Å².